The van der Waals surface area contributed by atoms with Crippen molar-refractivity contribution < 1.29 is 0 Å². The fourth-order valence-corrected chi connectivity index (χ4v) is 1.30. The molecule has 0 heterocycles. The van der Waals surface area contributed by atoms with Gasteiger partial charge in [0.15, 0.2) is 0 Å². The van der Waals surface area contributed by atoms with Crippen LogP contribution in [-0.2, 0) is 0 Å². The Kier molecular flexibility index (Phi) is 3.16. The van der Waals surface area contributed by atoms with E-state index in [9.17, 15) is 0 Å². The van der Waals surface area contributed by atoms with Gasteiger partial charge in [0.2, 0.25) is 0 Å². The smallest absolute Gasteiger partial charge is 0.0387 e. The molecule has 0 aliphatic carbocycles. The largest absolute Gasteiger partial charge is 0.0607 e. The monoisotopic (exact) mass is 323 g/mol. The lowest BCUT2D eigenvalue weighted by Crippen LogP contribution is -1.71. The Bertz CT molecular complexity index is 320. The van der Waals surface area contributed by atoms with E-state index in [1.54, 1.807) is 12.1 Å². The summed E-state index contributed by atoms with van der Waals surface area (Å²) in [6.07, 6.45) is 0. The highest BCUT2D eigenvalue weighted by atomic mass is 127. The molecule has 1 aromatic rings. The van der Waals surface area contributed by atoms with Crippen molar-refractivity contribution in [3.8, 4) is 0 Å². The molecule has 1 rings (SSSR count). The second-order valence-corrected chi connectivity index (χ2v) is 3.80. The molecule has 0 atom stereocenters. The zero-order chi connectivity index (χ0) is 8.27. The Labute approximate surface area is 85.7 Å². The van der Waals surface area contributed by atoms with Gasteiger partial charge in [0.05, 0.1) is 0 Å². The maximum Gasteiger partial charge on any atom is 0.0387 e. The van der Waals surface area contributed by atoms with E-state index in [2.05, 4.69) is 48.5 Å². The van der Waals surface area contributed by atoms with Crippen molar-refractivity contribution in [2.24, 2.45) is 5.11 Å². The SMILES string of the molecule is [N-]=[N+]=Nc1ccc(I)c(Br)c1. The second kappa shape index (κ2) is 3.94. The zero-order valence-corrected chi connectivity index (χ0v) is 9.07. The van der Waals surface area contributed by atoms with Gasteiger partial charge in [0.1, 0.15) is 0 Å². The van der Waals surface area contributed by atoms with Crippen LogP contribution in [0.25, 0.3) is 10.4 Å². The van der Waals surface area contributed by atoms with E-state index in [0.717, 1.165) is 8.04 Å². The van der Waals surface area contributed by atoms with Gasteiger partial charge in [-0.05, 0) is 56.2 Å². The van der Waals surface area contributed by atoms with Crippen LogP contribution in [-0.4, -0.2) is 0 Å². The number of rotatable bonds is 1. The lowest BCUT2D eigenvalue weighted by Gasteiger charge is -1.95. The van der Waals surface area contributed by atoms with E-state index in [-0.39, 0.29) is 0 Å². The predicted molar refractivity (Wildman–Crippen MR) is 55.7 cm³/mol. The zero-order valence-electron chi connectivity index (χ0n) is 5.33. The summed E-state index contributed by atoms with van der Waals surface area (Å²) in [6, 6.07) is 5.43. The fourth-order valence-electron chi connectivity index (χ4n) is 0.599. The van der Waals surface area contributed by atoms with Crippen LogP contribution < -0.4 is 0 Å². The minimum atomic E-state index is 0.625. The average Bonchev–Trinajstić information content (AvgIpc) is 1.98. The lowest BCUT2D eigenvalue weighted by molar-refractivity contribution is 1.45. The van der Waals surface area contributed by atoms with Crippen LogP contribution in [0.5, 0.6) is 0 Å². The summed E-state index contributed by atoms with van der Waals surface area (Å²) < 4.78 is 2.04. The van der Waals surface area contributed by atoms with Crippen LogP contribution in [0.3, 0.4) is 0 Å². The Balaban J connectivity index is 3.14. The van der Waals surface area contributed by atoms with E-state index in [4.69, 9.17) is 5.53 Å². The molecule has 11 heavy (non-hydrogen) atoms. The molecule has 0 bridgehead atoms. The van der Waals surface area contributed by atoms with Crippen molar-refractivity contribution >= 4 is 44.2 Å². The number of nitrogens with zero attached hydrogens (tertiary/aromatic N) is 3. The third kappa shape index (κ3) is 2.36. The summed E-state index contributed by atoms with van der Waals surface area (Å²) in [4.78, 5) is 2.68. The molecule has 0 N–H and O–H groups in total. The second-order valence-electron chi connectivity index (χ2n) is 1.79. The van der Waals surface area contributed by atoms with E-state index in [1.165, 1.54) is 0 Å². The van der Waals surface area contributed by atoms with Gasteiger partial charge in [0, 0.05) is 18.6 Å². The maximum atomic E-state index is 8.12. The third-order valence-electron chi connectivity index (χ3n) is 1.06. The standard InChI is InChI=1S/C6H3BrIN3/c7-5-3-4(10-11-9)1-2-6(5)8/h1-3H. The van der Waals surface area contributed by atoms with Crippen molar-refractivity contribution in [2.45, 2.75) is 0 Å². The Morgan fingerprint density at radius 3 is 2.82 bits per heavy atom. The molecular formula is C6H3BrIN3. The van der Waals surface area contributed by atoms with Crippen LogP contribution in [0.4, 0.5) is 5.69 Å². The molecule has 0 unspecified atom stereocenters. The number of halogens is 2. The number of azide groups is 1. The van der Waals surface area contributed by atoms with Gasteiger partial charge in [0.25, 0.3) is 0 Å². The van der Waals surface area contributed by atoms with Gasteiger partial charge in [-0.2, -0.15) is 0 Å². The Hall–Kier alpha value is -0.260. The van der Waals surface area contributed by atoms with Gasteiger partial charge in [-0.1, -0.05) is 11.2 Å². The molecule has 0 radical (unpaired) electrons. The summed E-state index contributed by atoms with van der Waals surface area (Å²) >= 11 is 5.51. The van der Waals surface area contributed by atoms with Crippen LogP contribution in [0.15, 0.2) is 27.8 Å². The topological polar surface area (TPSA) is 48.8 Å². The molecule has 0 aromatic heterocycles. The maximum absolute atomic E-state index is 8.12. The molecule has 5 heteroatoms. The number of hydrogen-bond acceptors (Lipinski definition) is 1. The Morgan fingerprint density at radius 2 is 2.27 bits per heavy atom. The lowest BCUT2D eigenvalue weighted by atomic mass is 10.3. The minimum Gasteiger partial charge on any atom is -0.0607 e. The summed E-state index contributed by atoms with van der Waals surface area (Å²) in [6.45, 7) is 0. The molecule has 0 fully saturated rings. The van der Waals surface area contributed by atoms with Crippen LogP contribution in [0.1, 0.15) is 0 Å². The van der Waals surface area contributed by atoms with Gasteiger partial charge in [-0.25, -0.2) is 0 Å². The summed E-state index contributed by atoms with van der Waals surface area (Å²) in [5.74, 6) is 0. The summed E-state index contributed by atoms with van der Waals surface area (Å²) in [5.41, 5.74) is 8.75. The van der Waals surface area contributed by atoms with E-state index in [0.29, 0.717) is 5.69 Å². The first kappa shape index (κ1) is 8.83. The van der Waals surface area contributed by atoms with Crippen molar-refractivity contribution in [3.05, 3.63) is 36.7 Å². The fraction of sp³-hybridized carbons (Fsp3) is 0. The van der Waals surface area contributed by atoms with Crippen molar-refractivity contribution in [2.75, 3.05) is 0 Å². The number of benzene rings is 1. The van der Waals surface area contributed by atoms with Crippen LogP contribution >= 0.6 is 38.5 Å². The molecule has 0 aliphatic heterocycles. The van der Waals surface area contributed by atoms with E-state index >= 15 is 0 Å². The molecule has 0 spiro atoms. The molecule has 0 saturated heterocycles. The predicted octanol–water partition coefficient (Wildman–Crippen LogP) is 4.00. The van der Waals surface area contributed by atoms with Gasteiger partial charge < -0.3 is 0 Å². The first-order valence-corrected chi connectivity index (χ1v) is 4.61. The number of hydrogen-bond donors (Lipinski definition) is 0. The summed E-state index contributed by atoms with van der Waals surface area (Å²) in [5, 5.41) is 3.46. The molecule has 56 valence electrons. The molecule has 0 saturated carbocycles. The molecule has 3 nitrogen and oxygen atoms in total. The molecule has 1 aromatic carbocycles. The van der Waals surface area contributed by atoms with E-state index < -0.39 is 0 Å². The highest BCUT2D eigenvalue weighted by molar-refractivity contribution is 14.1. The minimum absolute atomic E-state index is 0.625. The quantitative estimate of drug-likeness (QED) is 0.325. The first-order chi connectivity index (χ1) is 5.24. The normalized spacial score (nSPS) is 8.91. The van der Waals surface area contributed by atoms with Gasteiger partial charge >= 0.3 is 0 Å². The average molecular weight is 324 g/mol. The van der Waals surface area contributed by atoms with E-state index in [1.807, 2.05) is 6.07 Å². The molecular weight excluding hydrogens is 321 g/mol. The first-order valence-electron chi connectivity index (χ1n) is 2.74. The van der Waals surface area contributed by atoms with Crippen molar-refractivity contribution in [1.29, 1.82) is 0 Å². The summed E-state index contributed by atoms with van der Waals surface area (Å²) in [7, 11) is 0. The van der Waals surface area contributed by atoms with Gasteiger partial charge in [-0.3, -0.25) is 0 Å². The van der Waals surface area contributed by atoms with Crippen molar-refractivity contribution in [3.63, 3.8) is 0 Å². The highest BCUT2D eigenvalue weighted by Gasteiger charge is 1.95. The Morgan fingerprint density at radius 1 is 1.55 bits per heavy atom. The molecule has 0 amide bonds. The van der Waals surface area contributed by atoms with Crippen LogP contribution in [0.2, 0.25) is 0 Å². The third-order valence-corrected chi connectivity index (χ3v) is 3.40. The van der Waals surface area contributed by atoms with Crippen LogP contribution in [0, 0.1) is 3.57 Å². The highest BCUT2D eigenvalue weighted by Crippen LogP contribution is 2.24. The van der Waals surface area contributed by atoms with Crippen molar-refractivity contribution in [1.82, 2.24) is 0 Å². The molecule has 0 aliphatic rings. The van der Waals surface area contributed by atoms with Gasteiger partial charge in [-0.15, -0.1) is 0 Å².